The van der Waals surface area contributed by atoms with E-state index in [0.29, 0.717) is 5.82 Å². The van der Waals surface area contributed by atoms with E-state index in [4.69, 9.17) is 4.74 Å². The Balaban J connectivity index is 2.97. The van der Waals surface area contributed by atoms with Crippen LogP contribution in [-0.4, -0.2) is 55.7 Å². The molecule has 0 spiro atoms. The second kappa shape index (κ2) is 7.00. The minimum Gasteiger partial charge on any atom is -0.489 e. The number of ether oxygens (including phenoxy) is 1. The maximum atomic E-state index is 11.7. The summed E-state index contributed by atoms with van der Waals surface area (Å²) in [5.74, 6) is 0.898. The molecular weight excluding hydrogens is 232 g/mol. The lowest BCUT2D eigenvalue weighted by atomic mass is 10.3. The van der Waals surface area contributed by atoms with Crippen molar-refractivity contribution < 1.29 is 4.74 Å². The van der Waals surface area contributed by atoms with Crippen LogP contribution >= 0.6 is 0 Å². The summed E-state index contributed by atoms with van der Waals surface area (Å²) in [5, 5.41) is 0. The summed E-state index contributed by atoms with van der Waals surface area (Å²) in [6, 6.07) is 0. The highest BCUT2D eigenvalue weighted by Crippen LogP contribution is 2.20. The van der Waals surface area contributed by atoms with Crippen LogP contribution in [0.1, 0.15) is 13.3 Å². The number of nitrogens with zero attached hydrogens (tertiary/aromatic N) is 3. The fourth-order valence-electron chi connectivity index (χ4n) is 1.70. The van der Waals surface area contributed by atoms with E-state index in [-0.39, 0.29) is 11.3 Å². The lowest BCUT2D eigenvalue weighted by Gasteiger charge is -2.25. The second-order valence-corrected chi connectivity index (χ2v) is 4.38. The third-order valence-electron chi connectivity index (χ3n) is 2.61. The molecule has 0 amide bonds. The molecule has 1 N–H and O–H groups in total. The first-order valence-electron chi connectivity index (χ1n) is 6.11. The molecule has 6 nitrogen and oxygen atoms in total. The Morgan fingerprint density at radius 3 is 2.61 bits per heavy atom. The first kappa shape index (κ1) is 14.5. The Kier molecular flexibility index (Phi) is 5.64. The predicted octanol–water partition coefficient (Wildman–Crippen LogP) is 0.556. The van der Waals surface area contributed by atoms with Crippen LogP contribution in [0.25, 0.3) is 0 Å². The molecule has 0 aromatic carbocycles. The van der Waals surface area contributed by atoms with E-state index in [0.717, 1.165) is 26.1 Å². The Morgan fingerprint density at radius 2 is 2.06 bits per heavy atom. The number of hydrogen-bond donors (Lipinski definition) is 1. The van der Waals surface area contributed by atoms with Crippen LogP contribution in [0.5, 0.6) is 5.75 Å². The molecule has 0 aliphatic carbocycles. The standard InChI is InChI=1S/C12H22N4O2/c1-5-6-16(8-7-15(2)3)11-10(18-4)12(17)14-9-13-11/h9H,5-8H2,1-4H3,(H,13,14,17). The minimum absolute atomic E-state index is 0.242. The molecule has 102 valence electrons. The van der Waals surface area contributed by atoms with Gasteiger partial charge in [-0.2, -0.15) is 0 Å². The van der Waals surface area contributed by atoms with Crippen molar-refractivity contribution in [1.29, 1.82) is 0 Å². The highest BCUT2D eigenvalue weighted by atomic mass is 16.5. The Morgan fingerprint density at radius 1 is 1.33 bits per heavy atom. The summed E-state index contributed by atoms with van der Waals surface area (Å²) >= 11 is 0. The van der Waals surface area contributed by atoms with Gasteiger partial charge in [0.15, 0.2) is 5.82 Å². The zero-order valence-electron chi connectivity index (χ0n) is 11.6. The summed E-state index contributed by atoms with van der Waals surface area (Å²) in [5.41, 5.74) is -0.242. The zero-order valence-corrected chi connectivity index (χ0v) is 11.6. The van der Waals surface area contributed by atoms with Gasteiger partial charge in [-0.1, -0.05) is 6.92 Å². The monoisotopic (exact) mass is 254 g/mol. The van der Waals surface area contributed by atoms with Gasteiger partial charge in [0, 0.05) is 19.6 Å². The van der Waals surface area contributed by atoms with E-state index in [2.05, 4.69) is 26.7 Å². The number of rotatable bonds is 7. The fourth-order valence-corrected chi connectivity index (χ4v) is 1.70. The molecule has 0 unspecified atom stereocenters. The highest BCUT2D eigenvalue weighted by Gasteiger charge is 2.15. The molecule has 1 rings (SSSR count). The van der Waals surface area contributed by atoms with Crippen molar-refractivity contribution in [3.63, 3.8) is 0 Å². The molecule has 0 fully saturated rings. The van der Waals surface area contributed by atoms with Gasteiger partial charge in [0.1, 0.15) is 0 Å². The van der Waals surface area contributed by atoms with Crippen molar-refractivity contribution in [2.24, 2.45) is 0 Å². The lowest BCUT2D eigenvalue weighted by molar-refractivity contribution is 0.396. The minimum atomic E-state index is -0.242. The van der Waals surface area contributed by atoms with E-state index in [1.807, 2.05) is 14.1 Å². The number of nitrogens with one attached hydrogen (secondary N) is 1. The van der Waals surface area contributed by atoms with Crippen LogP contribution in [0.4, 0.5) is 5.82 Å². The topological polar surface area (TPSA) is 61.5 Å². The third-order valence-corrected chi connectivity index (χ3v) is 2.61. The SMILES string of the molecule is CCCN(CCN(C)C)c1nc[nH]c(=O)c1OC. The zero-order chi connectivity index (χ0) is 13.5. The number of H-pyrrole nitrogens is 1. The van der Waals surface area contributed by atoms with Crippen molar-refractivity contribution in [2.75, 3.05) is 45.7 Å². The van der Waals surface area contributed by atoms with Gasteiger partial charge < -0.3 is 19.5 Å². The van der Waals surface area contributed by atoms with E-state index >= 15 is 0 Å². The van der Waals surface area contributed by atoms with Crippen LogP contribution < -0.4 is 15.2 Å². The van der Waals surface area contributed by atoms with Crippen molar-refractivity contribution in [3.8, 4) is 5.75 Å². The molecule has 6 heteroatoms. The normalized spacial score (nSPS) is 10.7. The molecule has 0 aliphatic heterocycles. The van der Waals surface area contributed by atoms with E-state index < -0.39 is 0 Å². The first-order chi connectivity index (χ1) is 8.60. The molecule has 0 bridgehead atoms. The Bertz CT molecular complexity index is 417. The van der Waals surface area contributed by atoms with E-state index in [1.54, 1.807) is 0 Å². The van der Waals surface area contributed by atoms with Crippen molar-refractivity contribution in [1.82, 2.24) is 14.9 Å². The molecule has 0 saturated carbocycles. The van der Waals surface area contributed by atoms with Gasteiger partial charge in [-0.05, 0) is 20.5 Å². The number of methoxy groups -OCH3 is 1. The molecular formula is C12H22N4O2. The molecule has 1 aromatic heterocycles. The molecule has 0 saturated heterocycles. The van der Waals surface area contributed by atoms with Gasteiger partial charge in [-0.25, -0.2) is 4.98 Å². The van der Waals surface area contributed by atoms with Crippen molar-refractivity contribution in [3.05, 3.63) is 16.7 Å². The van der Waals surface area contributed by atoms with Crippen molar-refractivity contribution in [2.45, 2.75) is 13.3 Å². The fraction of sp³-hybridized carbons (Fsp3) is 0.667. The van der Waals surface area contributed by atoms with Gasteiger partial charge in [0.2, 0.25) is 5.75 Å². The van der Waals surface area contributed by atoms with E-state index in [1.165, 1.54) is 13.4 Å². The summed E-state index contributed by atoms with van der Waals surface area (Å²) in [6.45, 7) is 4.66. The average Bonchev–Trinajstić information content (AvgIpc) is 2.34. The molecule has 18 heavy (non-hydrogen) atoms. The number of likely N-dealkylation sites (N-methyl/N-ethyl adjacent to an activating group) is 1. The van der Waals surface area contributed by atoms with Crippen LogP contribution in [0.15, 0.2) is 11.1 Å². The summed E-state index contributed by atoms with van der Waals surface area (Å²) in [7, 11) is 5.53. The van der Waals surface area contributed by atoms with Crippen LogP contribution in [0.3, 0.4) is 0 Å². The second-order valence-electron chi connectivity index (χ2n) is 4.38. The third kappa shape index (κ3) is 3.73. The van der Waals surface area contributed by atoms with Crippen LogP contribution in [0.2, 0.25) is 0 Å². The van der Waals surface area contributed by atoms with Gasteiger partial charge in [0.25, 0.3) is 5.56 Å². The van der Waals surface area contributed by atoms with Gasteiger partial charge in [-0.15, -0.1) is 0 Å². The maximum Gasteiger partial charge on any atom is 0.295 e. The first-order valence-corrected chi connectivity index (χ1v) is 6.11. The largest absolute Gasteiger partial charge is 0.489 e. The highest BCUT2D eigenvalue weighted by molar-refractivity contribution is 5.50. The molecule has 0 aliphatic rings. The van der Waals surface area contributed by atoms with Crippen LogP contribution in [0, 0.1) is 0 Å². The average molecular weight is 254 g/mol. The van der Waals surface area contributed by atoms with Gasteiger partial charge in [-0.3, -0.25) is 4.79 Å². The van der Waals surface area contributed by atoms with Crippen molar-refractivity contribution >= 4 is 5.82 Å². The molecule has 0 atom stereocenters. The molecule has 1 aromatic rings. The summed E-state index contributed by atoms with van der Waals surface area (Å²) in [6.07, 6.45) is 2.41. The Labute approximate surface area is 108 Å². The van der Waals surface area contributed by atoms with Gasteiger partial charge >= 0.3 is 0 Å². The number of aromatic amines is 1. The smallest absolute Gasteiger partial charge is 0.295 e. The summed E-state index contributed by atoms with van der Waals surface area (Å²) in [4.78, 5) is 22.6. The predicted molar refractivity (Wildman–Crippen MR) is 72.5 cm³/mol. The van der Waals surface area contributed by atoms with Gasteiger partial charge in [0.05, 0.1) is 13.4 Å². The maximum absolute atomic E-state index is 11.7. The Hall–Kier alpha value is -1.56. The molecule has 1 heterocycles. The van der Waals surface area contributed by atoms with Crippen LogP contribution in [-0.2, 0) is 0 Å². The quantitative estimate of drug-likeness (QED) is 0.770. The number of hydrogen-bond acceptors (Lipinski definition) is 5. The number of anilines is 1. The molecule has 0 radical (unpaired) electrons. The van der Waals surface area contributed by atoms with E-state index in [9.17, 15) is 4.79 Å². The number of aromatic nitrogens is 2. The summed E-state index contributed by atoms with van der Waals surface area (Å²) < 4.78 is 5.15. The lowest BCUT2D eigenvalue weighted by Crippen LogP contribution is -2.34.